The summed E-state index contributed by atoms with van der Waals surface area (Å²) in [6.45, 7) is 6.13. The number of carbonyl (C=O) groups is 1. The molecule has 0 saturated carbocycles. The number of piperidine rings is 1. The maximum atomic E-state index is 12.5. The maximum Gasteiger partial charge on any atom is 0.410 e. The molecule has 1 amide bonds. The van der Waals surface area contributed by atoms with Crippen molar-refractivity contribution in [3.05, 3.63) is 35.7 Å². The average molecular weight is 354 g/mol. The quantitative estimate of drug-likeness (QED) is 0.807. The molecule has 1 fully saturated rings. The van der Waals surface area contributed by atoms with E-state index in [1.165, 1.54) is 0 Å². The summed E-state index contributed by atoms with van der Waals surface area (Å²) in [4.78, 5) is 18.7. The van der Waals surface area contributed by atoms with Gasteiger partial charge in [-0.05, 0) is 52.2 Å². The fourth-order valence-corrected chi connectivity index (χ4v) is 2.94. The van der Waals surface area contributed by atoms with Gasteiger partial charge in [-0.2, -0.15) is 10.2 Å². The fraction of sp³-hybridized carbons (Fsp3) is 0.474. The standard InChI is InChI=1S/C19H22N4O3/c1-19(2,3)25-18(24)23-10-5-4-9-15(23)17-21-16(22-26-17)14-8-6-7-13(11-14)12-20/h6-8,11,15H,4-5,9-10H2,1-3H3. The molecule has 1 unspecified atom stereocenters. The molecule has 1 atom stereocenters. The van der Waals surface area contributed by atoms with Crippen LogP contribution in [0.5, 0.6) is 0 Å². The molecule has 3 rings (SSSR count). The van der Waals surface area contributed by atoms with Crippen LogP contribution in [0.15, 0.2) is 28.8 Å². The molecule has 0 aliphatic carbocycles. The third kappa shape index (κ3) is 4.02. The Morgan fingerprint density at radius 3 is 2.92 bits per heavy atom. The molecular weight excluding hydrogens is 332 g/mol. The first kappa shape index (κ1) is 17.9. The summed E-state index contributed by atoms with van der Waals surface area (Å²) in [5.41, 5.74) is 0.678. The van der Waals surface area contributed by atoms with Gasteiger partial charge in [0, 0.05) is 12.1 Å². The van der Waals surface area contributed by atoms with E-state index < -0.39 is 5.60 Å². The van der Waals surface area contributed by atoms with E-state index in [0.717, 1.165) is 19.3 Å². The SMILES string of the molecule is CC(C)(C)OC(=O)N1CCCCC1c1nc(-c2cccc(C#N)c2)no1. The Morgan fingerprint density at radius 2 is 2.19 bits per heavy atom. The molecule has 2 aromatic rings. The lowest BCUT2D eigenvalue weighted by atomic mass is 10.0. The maximum absolute atomic E-state index is 12.5. The first-order valence-electron chi connectivity index (χ1n) is 8.71. The normalized spacial score (nSPS) is 17.6. The first-order chi connectivity index (χ1) is 12.4. The van der Waals surface area contributed by atoms with Crippen LogP contribution in [0, 0.1) is 11.3 Å². The van der Waals surface area contributed by atoms with Gasteiger partial charge in [0.1, 0.15) is 11.6 Å². The van der Waals surface area contributed by atoms with Gasteiger partial charge in [-0.3, -0.25) is 4.90 Å². The fourth-order valence-electron chi connectivity index (χ4n) is 2.94. The molecule has 7 nitrogen and oxygen atoms in total. The van der Waals surface area contributed by atoms with Gasteiger partial charge in [-0.25, -0.2) is 4.79 Å². The topological polar surface area (TPSA) is 92.2 Å². The Bertz CT molecular complexity index is 832. The van der Waals surface area contributed by atoms with Crippen LogP contribution in [0.4, 0.5) is 4.79 Å². The molecular formula is C19H22N4O3. The highest BCUT2D eigenvalue weighted by Gasteiger charge is 2.34. The number of carbonyl (C=O) groups excluding carboxylic acids is 1. The van der Waals surface area contributed by atoms with Gasteiger partial charge < -0.3 is 9.26 Å². The summed E-state index contributed by atoms with van der Waals surface area (Å²) < 4.78 is 11.0. The van der Waals surface area contributed by atoms with Crippen LogP contribution in [0.25, 0.3) is 11.4 Å². The molecule has 0 radical (unpaired) electrons. The van der Waals surface area contributed by atoms with Crippen LogP contribution >= 0.6 is 0 Å². The summed E-state index contributed by atoms with van der Waals surface area (Å²) >= 11 is 0. The zero-order valence-electron chi connectivity index (χ0n) is 15.2. The number of nitriles is 1. The minimum absolute atomic E-state index is 0.293. The molecule has 0 bridgehead atoms. The van der Waals surface area contributed by atoms with Crippen molar-refractivity contribution in [3.63, 3.8) is 0 Å². The molecule has 1 aliphatic rings. The molecule has 26 heavy (non-hydrogen) atoms. The molecule has 1 aromatic carbocycles. The van der Waals surface area contributed by atoms with Crippen molar-refractivity contribution in [2.24, 2.45) is 0 Å². The van der Waals surface area contributed by atoms with Crippen molar-refractivity contribution >= 4 is 6.09 Å². The summed E-state index contributed by atoms with van der Waals surface area (Å²) in [6, 6.07) is 8.83. The van der Waals surface area contributed by atoms with Crippen LogP contribution in [0.3, 0.4) is 0 Å². The largest absolute Gasteiger partial charge is 0.444 e. The molecule has 136 valence electrons. The number of benzene rings is 1. The smallest absolute Gasteiger partial charge is 0.410 e. The Balaban J connectivity index is 1.84. The Morgan fingerprint density at radius 1 is 1.38 bits per heavy atom. The van der Waals surface area contributed by atoms with Crippen molar-refractivity contribution < 1.29 is 14.1 Å². The first-order valence-corrected chi connectivity index (χ1v) is 8.71. The van der Waals surface area contributed by atoms with Crippen molar-refractivity contribution in [2.45, 2.75) is 51.7 Å². The zero-order valence-corrected chi connectivity index (χ0v) is 15.2. The number of aromatic nitrogens is 2. The Labute approximate surface area is 152 Å². The molecule has 7 heteroatoms. The predicted octanol–water partition coefficient (Wildman–Crippen LogP) is 4.07. The number of amides is 1. The summed E-state index contributed by atoms with van der Waals surface area (Å²) in [7, 11) is 0. The minimum Gasteiger partial charge on any atom is -0.444 e. The highest BCUT2D eigenvalue weighted by atomic mass is 16.6. The van der Waals surface area contributed by atoms with Crippen LogP contribution in [0.2, 0.25) is 0 Å². The molecule has 2 heterocycles. The van der Waals surface area contributed by atoms with E-state index in [9.17, 15) is 4.79 Å². The molecule has 0 spiro atoms. The Kier molecular flexibility index (Phi) is 4.94. The molecule has 1 aliphatic heterocycles. The predicted molar refractivity (Wildman–Crippen MR) is 94.0 cm³/mol. The lowest BCUT2D eigenvalue weighted by molar-refractivity contribution is 0.00538. The van der Waals surface area contributed by atoms with Crippen LogP contribution in [0.1, 0.15) is 57.5 Å². The van der Waals surface area contributed by atoms with Gasteiger partial charge in [-0.15, -0.1) is 0 Å². The third-order valence-electron chi connectivity index (χ3n) is 4.11. The summed E-state index contributed by atoms with van der Waals surface area (Å²) in [5.74, 6) is 0.805. The van der Waals surface area contributed by atoms with Gasteiger partial charge in [0.2, 0.25) is 11.7 Å². The second kappa shape index (κ2) is 7.16. The van der Waals surface area contributed by atoms with Gasteiger partial charge in [0.25, 0.3) is 0 Å². The van der Waals surface area contributed by atoms with Crippen molar-refractivity contribution in [3.8, 4) is 17.5 Å². The second-order valence-electron chi connectivity index (χ2n) is 7.33. The van der Waals surface area contributed by atoms with Crippen molar-refractivity contribution in [1.82, 2.24) is 15.0 Å². The number of rotatable bonds is 2. The number of likely N-dealkylation sites (tertiary alicyclic amines) is 1. The monoisotopic (exact) mass is 354 g/mol. The van der Waals surface area contributed by atoms with E-state index in [-0.39, 0.29) is 12.1 Å². The number of nitrogens with zero attached hydrogens (tertiary/aromatic N) is 4. The third-order valence-corrected chi connectivity index (χ3v) is 4.11. The lowest BCUT2D eigenvalue weighted by Crippen LogP contribution is -2.42. The van der Waals surface area contributed by atoms with Crippen LogP contribution in [-0.2, 0) is 4.74 Å². The van der Waals surface area contributed by atoms with E-state index in [2.05, 4.69) is 16.2 Å². The highest BCUT2D eigenvalue weighted by molar-refractivity contribution is 5.69. The van der Waals surface area contributed by atoms with E-state index in [4.69, 9.17) is 14.5 Å². The van der Waals surface area contributed by atoms with Gasteiger partial charge in [0.15, 0.2) is 0 Å². The van der Waals surface area contributed by atoms with Gasteiger partial charge in [-0.1, -0.05) is 17.3 Å². The van der Waals surface area contributed by atoms with Crippen molar-refractivity contribution in [2.75, 3.05) is 6.54 Å². The van der Waals surface area contributed by atoms with Gasteiger partial charge >= 0.3 is 6.09 Å². The number of ether oxygens (including phenoxy) is 1. The van der Waals surface area contributed by atoms with E-state index >= 15 is 0 Å². The average Bonchev–Trinajstić information content (AvgIpc) is 3.10. The summed E-state index contributed by atoms with van der Waals surface area (Å²) in [6.07, 6.45) is 2.28. The van der Waals surface area contributed by atoms with Crippen molar-refractivity contribution in [1.29, 1.82) is 5.26 Å². The molecule has 0 N–H and O–H groups in total. The highest BCUT2D eigenvalue weighted by Crippen LogP contribution is 2.32. The van der Waals surface area contributed by atoms with E-state index in [0.29, 0.717) is 29.4 Å². The summed E-state index contributed by atoms with van der Waals surface area (Å²) in [5, 5.41) is 13.1. The molecule has 1 aromatic heterocycles. The zero-order chi connectivity index (χ0) is 18.7. The minimum atomic E-state index is -0.559. The van der Waals surface area contributed by atoms with E-state index in [1.807, 2.05) is 26.8 Å². The molecule has 1 saturated heterocycles. The lowest BCUT2D eigenvalue weighted by Gasteiger charge is -2.34. The van der Waals surface area contributed by atoms with E-state index in [1.54, 1.807) is 23.1 Å². The number of hydrogen-bond donors (Lipinski definition) is 0. The number of hydrogen-bond acceptors (Lipinski definition) is 6. The second-order valence-corrected chi connectivity index (χ2v) is 7.33. The van der Waals surface area contributed by atoms with Crippen LogP contribution < -0.4 is 0 Å². The van der Waals surface area contributed by atoms with Crippen LogP contribution in [-0.4, -0.2) is 33.3 Å². The Hall–Kier alpha value is -2.88. The van der Waals surface area contributed by atoms with Gasteiger partial charge in [0.05, 0.1) is 11.6 Å².